The van der Waals surface area contributed by atoms with E-state index in [4.69, 9.17) is 0 Å². The zero-order chi connectivity index (χ0) is 18.1. The molecular weight excluding hydrogens is 355 g/mol. The van der Waals surface area contributed by atoms with Gasteiger partial charge in [0.1, 0.15) is 23.5 Å². The van der Waals surface area contributed by atoms with Crippen molar-refractivity contribution in [3.8, 4) is 11.5 Å². The highest BCUT2D eigenvalue weighted by Crippen LogP contribution is 2.31. The highest BCUT2D eigenvalue weighted by atomic mass is 32.1. The van der Waals surface area contributed by atoms with E-state index in [1.54, 1.807) is 23.0 Å². The summed E-state index contributed by atoms with van der Waals surface area (Å²) >= 11 is 1.40. The van der Waals surface area contributed by atoms with E-state index in [2.05, 4.69) is 15.3 Å². The molecule has 6 nitrogen and oxygen atoms in total. The van der Waals surface area contributed by atoms with Gasteiger partial charge in [0.2, 0.25) is 0 Å². The van der Waals surface area contributed by atoms with Gasteiger partial charge >= 0.3 is 0 Å². The second kappa shape index (κ2) is 6.80. The Kier molecular flexibility index (Phi) is 4.34. The van der Waals surface area contributed by atoms with E-state index in [1.807, 2.05) is 0 Å². The summed E-state index contributed by atoms with van der Waals surface area (Å²) in [7, 11) is 0. The number of fused-ring (bicyclic) bond motifs is 1. The third-order valence-electron chi connectivity index (χ3n) is 4.42. The highest BCUT2D eigenvalue weighted by molar-refractivity contribution is 7.07. The van der Waals surface area contributed by atoms with Crippen molar-refractivity contribution in [2.45, 2.75) is 25.4 Å². The van der Waals surface area contributed by atoms with Crippen molar-refractivity contribution < 1.29 is 9.18 Å². The van der Waals surface area contributed by atoms with Crippen LogP contribution in [0.1, 0.15) is 23.7 Å². The van der Waals surface area contributed by atoms with Crippen LogP contribution in [0.2, 0.25) is 0 Å². The molecule has 0 radical (unpaired) electrons. The van der Waals surface area contributed by atoms with Crippen LogP contribution < -0.4 is 10.9 Å². The van der Waals surface area contributed by atoms with Crippen LogP contribution in [0.25, 0.3) is 11.5 Å². The van der Waals surface area contributed by atoms with E-state index in [0.29, 0.717) is 35.6 Å². The Morgan fingerprint density at radius 1 is 1.35 bits per heavy atom. The monoisotopic (exact) mass is 370 g/mol. The van der Waals surface area contributed by atoms with E-state index in [9.17, 15) is 14.0 Å². The molecule has 0 amide bonds. The van der Waals surface area contributed by atoms with E-state index in [-0.39, 0.29) is 24.0 Å². The number of halogens is 1. The van der Waals surface area contributed by atoms with Crippen LogP contribution in [-0.4, -0.2) is 20.8 Å². The van der Waals surface area contributed by atoms with Crippen LogP contribution >= 0.6 is 11.3 Å². The number of rotatable bonds is 4. The van der Waals surface area contributed by atoms with Gasteiger partial charge in [-0.05, 0) is 30.5 Å². The van der Waals surface area contributed by atoms with Gasteiger partial charge < -0.3 is 10.1 Å². The second-order valence-corrected chi connectivity index (χ2v) is 6.72. The number of aromatic nitrogens is 3. The molecule has 0 bridgehead atoms. The molecule has 1 atom stereocenters. The Morgan fingerprint density at radius 3 is 2.85 bits per heavy atom. The minimum absolute atomic E-state index is 0.0884. The van der Waals surface area contributed by atoms with Crippen molar-refractivity contribution >= 4 is 23.3 Å². The Morgan fingerprint density at radius 2 is 2.15 bits per heavy atom. The Bertz CT molecular complexity index is 999. The predicted octanol–water partition coefficient (Wildman–Crippen LogP) is 2.80. The smallest absolute Gasteiger partial charge is 0.277 e. The number of aldehydes is 1. The van der Waals surface area contributed by atoms with Gasteiger partial charge in [-0.1, -0.05) is 12.1 Å². The van der Waals surface area contributed by atoms with Gasteiger partial charge in [-0.15, -0.1) is 11.3 Å². The fraction of sp³-hybridized carbons (Fsp3) is 0.222. The molecule has 0 fully saturated rings. The summed E-state index contributed by atoms with van der Waals surface area (Å²) in [4.78, 5) is 32.9. The first kappa shape index (κ1) is 16.6. The van der Waals surface area contributed by atoms with Gasteiger partial charge in [-0.25, -0.2) is 14.4 Å². The molecule has 8 heteroatoms. The molecule has 2 aromatic heterocycles. The van der Waals surface area contributed by atoms with E-state index in [1.165, 1.54) is 28.0 Å². The zero-order valence-corrected chi connectivity index (χ0v) is 14.5. The molecule has 4 rings (SSSR count). The van der Waals surface area contributed by atoms with Crippen molar-refractivity contribution in [2.24, 2.45) is 0 Å². The van der Waals surface area contributed by atoms with Crippen LogP contribution in [0.4, 0.5) is 10.1 Å². The van der Waals surface area contributed by atoms with Gasteiger partial charge in [0, 0.05) is 5.38 Å². The molecule has 1 N–H and O–H groups in total. The summed E-state index contributed by atoms with van der Waals surface area (Å²) in [5.41, 5.74) is 3.91. The molecule has 3 heterocycles. The first-order valence-electron chi connectivity index (χ1n) is 8.15. The summed E-state index contributed by atoms with van der Waals surface area (Å²) < 4.78 is 14.5. The number of hydrogen-bond donors (Lipinski definition) is 1. The lowest BCUT2D eigenvalue weighted by molar-refractivity contribution is -0.108. The average Bonchev–Trinajstić information content (AvgIpc) is 3.19. The number of thiazole rings is 1. The summed E-state index contributed by atoms with van der Waals surface area (Å²) in [5.74, 6) is 0.108. The van der Waals surface area contributed by atoms with Gasteiger partial charge in [-0.2, -0.15) is 0 Å². The fourth-order valence-corrected chi connectivity index (χ4v) is 3.69. The number of anilines is 1. The van der Waals surface area contributed by atoms with Crippen LogP contribution in [0.15, 0.2) is 40.0 Å². The largest absolute Gasteiger partial charge is 0.372 e. The molecule has 1 aliphatic heterocycles. The first-order chi connectivity index (χ1) is 12.7. The molecule has 132 valence electrons. The van der Waals surface area contributed by atoms with Crippen molar-refractivity contribution in [3.63, 3.8) is 0 Å². The summed E-state index contributed by atoms with van der Waals surface area (Å²) in [6.45, 7) is -0.0884. The topological polar surface area (TPSA) is 76.9 Å². The standard InChI is InChI=1S/C18H15FN4O2S/c19-12-3-1-11(2-4-12)13-5-6-14-16(21-13)18(25)23(7-8-24)17(22-14)15-9-26-10-20-15/h1-4,8-10,13,21H,5-7H2/t13-/m0/s1. The van der Waals surface area contributed by atoms with Crippen LogP contribution in [0, 0.1) is 5.82 Å². The second-order valence-electron chi connectivity index (χ2n) is 6.00. The molecule has 26 heavy (non-hydrogen) atoms. The Balaban J connectivity index is 1.77. The lowest BCUT2D eigenvalue weighted by Crippen LogP contribution is -2.32. The molecular formula is C18H15FN4O2S. The van der Waals surface area contributed by atoms with Gasteiger partial charge in [0.05, 0.1) is 23.8 Å². The van der Waals surface area contributed by atoms with Crippen molar-refractivity contribution in [2.75, 3.05) is 5.32 Å². The quantitative estimate of drug-likeness (QED) is 0.715. The minimum Gasteiger partial charge on any atom is -0.372 e. The van der Waals surface area contributed by atoms with E-state index in [0.717, 1.165) is 12.0 Å². The van der Waals surface area contributed by atoms with E-state index >= 15 is 0 Å². The summed E-state index contributed by atoms with van der Waals surface area (Å²) in [5, 5.41) is 5.02. The van der Waals surface area contributed by atoms with Gasteiger partial charge in [0.25, 0.3) is 5.56 Å². The Hall–Kier alpha value is -2.87. The predicted molar refractivity (Wildman–Crippen MR) is 96.8 cm³/mol. The maximum Gasteiger partial charge on any atom is 0.277 e. The number of aryl methyl sites for hydroxylation is 1. The van der Waals surface area contributed by atoms with Gasteiger partial charge in [0.15, 0.2) is 5.82 Å². The highest BCUT2D eigenvalue weighted by Gasteiger charge is 2.26. The van der Waals surface area contributed by atoms with Crippen molar-refractivity contribution in [1.82, 2.24) is 14.5 Å². The number of nitrogens with one attached hydrogen (secondary N) is 1. The minimum atomic E-state index is -0.298. The maximum atomic E-state index is 13.2. The summed E-state index contributed by atoms with van der Waals surface area (Å²) in [6.07, 6.45) is 2.02. The third-order valence-corrected chi connectivity index (χ3v) is 5.01. The Labute approximate surface area is 152 Å². The number of benzene rings is 1. The number of nitrogens with zero attached hydrogens (tertiary/aromatic N) is 3. The van der Waals surface area contributed by atoms with Crippen molar-refractivity contribution in [3.05, 3.63) is 62.6 Å². The van der Waals surface area contributed by atoms with Gasteiger partial charge in [-0.3, -0.25) is 9.36 Å². The molecule has 0 spiro atoms. The van der Waals surface area contributed by atoms with E-state index < -0.39 is 0 Å². The molecule has 1 aliphatic rings. The van der Waals surface area contributed by atoms with Crippen LogP contribution in [-0.2, 0) is 17.8 Å². The normalized spacial score (nSPS) is 16.0. The molecule has 3 aromatic rings. The molecule has 0 saturated carbocycles. The summed E-state index contributed by atoms with van der Waals surface area (Å²) in [6, 6.07) is 6.12. The molecule has 0 aliphatic carbocycles. The fourth-order valence-electron chi connectivity index (χ4n) is 3.16. The first-order valence-corrected chi connectivity index (χ1v) is 9.09. The zero-order valence-electron chi connectivity index (χ0n) is 13.7. The van der Waals surface area contributed by atoms with Crippen LogP contribution in [0.5, 0.6) is 0 Å². The molecule has 0 saturated heterocycles. The SMILES string of the molecule is O=CCn1c(-c2cscn2)nc2c(c1=O)N[C@H](c1ccc(F)cc1)CC2. The number of carbonyl (C=O) groups is 1. The lowest BCUT2D eigenvalue weighted by Gasteiger charge is -2.27. The van der Waals surface area contributed by atoms with Crippen molar-refractivity contribution in [1.29, 1.82) is 0 Å². The number of hydrogen-bond acceptors (Lipinski definition) is 6. The average molecular weight is 370 g/mol. The molecule has 1 aromatic carbocycles. The third kappa shape index (κ3) is 2.92. The maximum absolute atomic E-state index is 13.2. The molecule has 0 unspecified atom stereocenters. The number of carbonyl (C=O) groups excluding carboxylic acids is 1. The van der Waals surface area contributed by atoms with Crippen LogP contribution in [0.3, 0.4) is 0 Å². The lowest BCUT2D eigenvalue weighted by atomic mass is 9.96.